The first-order valence-corrected chi connectivity index (χ1v) is 17.4. The molecule has 0 spiro atoms. The highest BCUT2D eigenvalue weighted by atomic mass is 19.1. The standard InChI is InChI=1S/C39H43FN4O10/c1-22-25(20-53-33-12-10-23(36(41-33)51-2)16-43-18-27(45)14-31(43)38(47)48)6-4-8-29(22)30-9-5-7-26(35(30)40)21-54-34-13-11-24(37(42-34)52-3)17-44-19-28(46)15-32(44)39(49)50/h4-13,27-28,31-32,45-46H,14-21H2,1-3H3,(H,47,48)(H,49,50)/t27-,28-,31-,32-/m0/s1. The Hall–Kier alpha value is -5.35. The number of hydrogen-bond acceptors (Lipinski definition) is 12. The summed E-state index contributed by atoms with van der Waals surface area (Å²) >= 11 is 0. The van der Waals surface area contributed by atoms with Gasteiger partial charge in [0.1, 0.15) is 31.1 Å². The van der Waals surface area contributed by atoms with Crippen molar-refractivity contribution >= 4 is 11.9 Å². The molecule has 4 aromatic rings. The fourth-order valence-corrected chi connectivity index (χ4v) is 7.05. The fraction of sp³-hybridized carbons (Fsp3) is 0.385. The van der Waals surface area contributed by atoms with Gasteiger partial charge in [0.2, 0.25) is 23.5 Å². The highest BCUT2D eigenvalue weighted by Crippen LogP contribution is 2.32. The van der Waals surface area contributed by atoms with Crippen LogP contribution in [0.4, 0.5) is 4.39 Å². The van der Waals surface area contributed by atoms with Gasteiger partial charge in [-0.25, -0.2) is 4.39 Å². The highest BCUT2D eigenvalue weighted by Gasteiger charge is 2.37. The Bertz CT molecular complexity index is 1860. The first kappa shape index (κ1) is 38.4. The van der Waals surface area contributed by atoms with Gasteiger partial charge in [-0.05, 0) is 35.7 Å². The number of aromatic nitrogens is 2. The minimum atomic E-state index is -1.00. The van der Waals surface area contributed by atoms with E-state index in [0.717, 1.165) is 11.1 Å². The summed E-state index contributed by atoms with van der Waals surface area (Å²) in [4.78, 5) is 35.5. The summed E-state index contributed by atoms with van der Waals surface area (Å²) in [6, 6.07) is 15.8. The Kier molecular flexibility index (Phi) is 11.9. The van der Waals surface area contributed by atoms with Crippen molar-refractivity contribution < 1.29 is 53.4 Å². The number of nitrogens with zero attached hydrogens (tertiary/aromatic N) is 4. The lowest BCUT2D eigenvalue weighted by Crippen LogP contribution is -2.35. The largest absolute Gasteiger partial charge is 0.481 e. The average Bonchev–Trinajstić information content (AvgIpc) is 3.72. The molecule has 4 heterocycles. The van der Waals surface area contributed by atoms with E-state index in [2.05, 4.69) is 9.97 Å². The lowest BCUT2D eigenvalue weighted by molar-refractivity contribution is -0.143. The fourth-order valence-electron chi connectivity index (χ4n) is 7.05. The van der Waals surface area contributed by atoms with Crippen LogP contribution in [-0.2, 0) is 35.9 Å². The van der Waals surface area contributed by atoms with Gasteiger partial charge in [0.25, 0.3) is 0 Å². The Morgan fingerprint density at radius 1 is 0.704 bits per heavy atom. The predicted octanol–water partition coefficient (Wildman–Crippen LogP) is 3.81. The van der Waals surface area contributed by atoms with Crippen molar-refractivity contribution in [1.82, 2.24) is 19.8 Å². The van der Waals surface area contributed by atoms with E-state index < -0.39 is 42.0 Å². The monoisotopic (exact) mass is 746 g/mol. The maximum Gasteiger partial charge on any atom is 0.321 e. The Morgan fingerprint density at radius 2 is 1.17 bits per heavy atom. The number of aliphatic hydroxyl groups excluding tert-OH is 2. The van der Waals surface area contributed by atoms with Crippen LogP contribution >= 0.6 is 0 Å². The minimum Gasteiger partial charge on any atom is -0.481 e. The van der Waals surface area contributed by atoms with Gasteiger partial charge >= 0.3 is 11.9 Å². The molecule has 0 saturated carbocycles. The number of ether oxygens (including phenoxy) is 4. The molecule has 0 aliphatic carbocycles. The van der Waals surface area contributed by atoms with E-state index in [4.69, 9.17) is 18.9 Å². The van der Waals surface area contributed by atoms with Gasteiger partial charge in [-0.1, -0.05) is 36.4 Å². The molecule has 2 aliphatic heterocycles. The summed E-state index contributed by atoms with van der Waals surface area (Å²) in [5, 5.41) is 39.1. The number of β-amino-alcohol motifs (C(OH)–C–C–N with tert-alkyl or cyclic N) is 2. The molecule has 4 N–H and O–H groups in total. The molecular formula is C39H43FN4O10. The first-order valence-electron chi connectivity index (χ1n) is 17.4. The second-order valence-corrected chi connectivity index (χ2v) is 13.4. The van der Waals surface area contributed by atoms with Gasteiger partial charge in [-0.15, -0.1) is 0 Å². The van der Waals surface area contributed by atoms with E-state index in [1.807, 2.05) is 25.1 Å². The summed E-state index contributed by atoms with van der Waals surface area (Å²) < 4.78 is 38.9. The Labute approximate surface area is 311 Å². The number of methoxy groups -OCH3 is 2. The van der Waals surface area contributed by atoms with Crippen LogP contribution in [0.5, 0.6) is 23.5 Å². The van der Waals surface area contributed by atoms with Gasteiger partial charge in [-0.3, -0.25) is 19.4 Å². The molecule has 54 heavy (non-hydrogen) atoms. The number of pyridine rings is 2. The molecule has 286 valence electrons. The molecule has 2 aliphatic rings. The van der Waals surface area contributed by atoms with E-state index in [1.54, 1.807) is 52.3 Å². The quantitative estimate of drug-likeness (QED) is 0.138. The summed E-state index contributed by atoms with van der Waals surface area (Å²) in [5.41, 5.74) is 4.26. The number of carboxylic acid groups (broad SMARTS) is 2. The molecule has 2 saturated heterocycles. The van der Waals surface area contributed by atoms with Crippen molar-refractivity contribution in [2.24, 2.45) is 0 Å². The van der Waals surface area contributed by atoms with Crippen LogP contribution in [0.1, 0.15) is 40.7 Å². The van der Waals surface area contributed by atoms with E-state index in [1.165, 1.54) is 14.2 Å². The maximum absolute atomic E-state index is 16.0. The molecule has 0 radical (unpaired) electrons. The number of aliphatic carboxylic acids is 2. The zero-order chi connectivity index (χ0) is 38.5. The van der Waals surface area contributed by atoms with Gasteiger partial charge in [0.15, 0.2) is 0 Å². The number of carboxylic acids is 2. The van der Waals surface area contributed by atoms with Gasteiger partial charge in [0, 0.05) is 73.4 Å². The highest BCUT2D eigenvalue weighted by molar-refractivity contribution is 5.74. The lowest BCUT2D eigenvalue weighted by Gasteiger charge is -2.21. The summed E-state index contributed by atoms with van der Waals surface area (Å²) in [5.74, 6) is -1.44. The smallest absolute Gasteiger partial charge is 0.321 e. The van der Waals surface area contributed by atoms with Crippen LogP contribution in [0.15, 0.2) is 60.7 Å². The Morgan fingerprint density at radius 3 is 1.65 bits per heavy atom. The van der Waals surface area contributed by atoms with Gasteiger partial charge in [0.05, 0.1) is 26.4 Å². The maximum atomic E-state index is 16.0. The molecule has 15 heteroatoms. The Balaban J connectivity index is 1.11. The summed E-state index contributed by atoms with van der Waals surface area (Å²) in [7, 11) is 2.91. The first-order chi connectivity index (χ1) is 25.9. The molecule has 6 rings (SSSR count). The molecule has 2 fully saturated rings. The third-order valence-electron chi connectivity index (χ3n) is 9.86. The van der Waals surface area contributed by atoms with Crippen LogP contribution in [0.25, 0.3) is 11.1 Å². The van der Waals surface area contributed by atoms with Gasteiger partial charge < -0.3 is 39.4 Å². The normalized spacial score (nSPS) is 20.2. The van der Waals surface area contributed by atoms with E-state index >= 15 is 4.39 Å². The van der Waals surface area contributed by atoms with Crippen molar-refractivity contribution in [1.29, 1.82) is 0 Å². The van der Waals surface area contributed by atoms with Crippen molar-refractivity contribution in [2.75, 3.05) is 27.3 Å². The van der Waals surface area contributed by atoms with Gasteiger partial charge in [-0.2, -0.15) is 9.97 Å². The number of carbonyl (C=O) groups is 2. The van der Waals surface area contributed by atoms with Crippen molar-refractivity contribution in [3.05, 3.63) is 94.3 Å². The number of rotatable bonds is 15. The molecule has 2 aromatic carbocycles. The average molecular weight is 747 g/mol. The van der Waals surface area contributed by atoms with Crippen molar-refractivity contribution in [2.45, 2.75) is 70.4 Å². The molecule has 0 unspecified atom stereocenters. The van der Waals surface area contributed by atoms with E-state index in [-0.39, 0.29) is 69.9 Å². The number of likely N-dealkylation sites (tertiary alicyclic amines) is 2. The zero-order valence-electron chi connectivity index (χ0n) is 30.1. The van der Waals surface area contributed by atoms with Crippen LogP contribution < -0.4 is 18.9 Å². The zero-order valence-corrected chi connectivity index (χ0v) is 30.1. The SMILES string of the molecule is COc1nc(OCc2cccc(-c3cccc(COc4ccc(CN5C[C@@H](O)C[C@H]5C(=O)O)c(OC)n4)c3F)c2C)ccc1CN1C[C@@H](O)C[C@H]1C(=O)O. The third kappa shape index (κ3) is 8.55. The molecular weight excluding hydrogens is 703 g/mol. The number of halogens is 1. The topological polar surface area (TPSA) is 184 Å². The van der Waals surface area contributed by atoms with E-state index in [9.17, 15) is 30.0 Å². The summed E-state index contributed by atoms with van der Waals surface area (Å²) in [6.07, 6.45) is -1.15. The lowest BCUT2D eigenvalue weighted by atomic mass is 9.95. The number of aliphatic hydroxyl groups is 2. The van der Waals surface area contributed by atoms with Crippen LogP contribution in [0.3, 0.4) is 0 Å². The van der Waals surface area contributed by atoms with Crippen molar-refractivity contribution in [3.63, 3.8) is 0 Å². The van der Waals surface area contributed by atoms with Crippen LogP contribution in [-0.4, -0.2) is 104 Å². The van der Waals surface area contributed by atoms with E-state index in [0.29, 0.717) is 33.7 Å². The predicted molar refractivity (Wildman–Crippen MR) is 192 cm³/mol. The molecule has 4 atom stereocenters. The van der Waals surface area contributed by atoms with Crippen molar-refractivity contribution in [3.8, 4) is 34.6 Å². The third-order valence-corrected chi connectivity index (χ3v) is 9.86. The minimum absolute atomic E-state index is 0.116. The number of benzene rings is 2. The second kappa shape index (κ2) is 16.8. The summed E-state index contributed by atoms with van der Waals surface area (Å²) in [6.45, 7) is 2.80. The molecule has 0 bridgehead atoms. The second-order valence-electron chi connectivity index (χ2n) is 13.4. The van der Waals surface area contributed by atoms with Crippen LogP contribution in [0, 0.1) is 12.7 Å². The molecule has 0 amide bonds. The molecule has 2 aromatic heterocycles. The molecule has 14 nitrogen and oxygen atoms in total. The number of hydrogen-bond donors (Lipinski definition) is 4. The van der Waals surface area contributed by atoms with Crippen LogP contribution in [0.2, 0.25) is 0 Å².